The van der Waals surface area contributed by atoms with Crippen molar-refractivity contribution in [2.45, 2.75) is 44.3 Å². The number of nitrogens with one attached hydrogen (secondary N) is 3. The van der Waals surface area contributed by atoms with Gasteiger partial charge >= 0.3 is 0 Å². The number of methoxy groups -OCH3 is 1. The molecule has 1 heterocycles. The smallest absolute Gasteiger partial charge is 0.251 e. The molecule has 0 radical (unpaired) electrons. The first kappa shape index (κ1) is 20.0. The molecule has 4 N–H and O–H groups in total. The zero-order valence-corrected chi connectivity index (χ0v) is 16.6. The fourth-order valence-corrected chi connectivity index (χ4v) is 3.95. The Bertz CT molecular complexity index is 886. The topological polar surface area (TPSA) is 91.9 Å². The van der Waals surface area contributed by atoms with E-state index in [1.807, 2.05) is 6.07 Å². The fourth-order valence-electron chi connectivity index (χ4n) is 3.95. The number of aryl methyl sites for hydroxylation is 1. The number of benzene rings is 2. The molecule has 154 valence electrons. The largest absolute Gasteiger partial charge is 0.389 e. The van der Waals surface area contributed by atoms with Crippen LogP contribution in [0.1, 0.15) is 64.3 Å². The van der Waals surface area contributed by atoms with Gasteiger partial charge in [-0.15, -0.1) is 0 Å². The van der Waals surface area contributed by atoms with Crippen molar-refractivity contribution in [3.05, 3.63) is 70.3 Å². The molecule has 0 aromatic heterocycles. The first-order valence-electron chi connectivity index (χ1n) is 9.93. The number of hydrogen-bond donors (Lipinski definition) is 4. The lowest BCUT2D eigenvalue weighted by Gasteiger charge is -2.16. The van der Waals surface area contributed by atoms with E-state index in [-0.39, 0.29) is 24.3 Å². The Labute approximate surface area is 170 Å². The molecule has 2 aromatic carbocycles. The molecular formula is C22H27N3O4. The van der Waals surface area contributed by atoms with Crippen LogP contribution in [0, 0.1) is 0 Å². The minimum Gasteiger partial charge on any atom is -0.389 e. The average Bonchev–Trinajstić information content (AvgIpc) is 3.35. The predicted molar refractivity (Wildman–Crippen MR) is 108 cm³/mol. The van der Waals surface area contributed by atoms with E-state index in [1.165, 1.54) is 5.56 Å². The second kappa shape index (κ2) is 8.61. The quantitative estimate of drug-likeness (QED) is 0.598. The van der Waals surface area contributed by atoms with Crippen molar-refractivity contribution in [1.82, 2.24) is 16.1 Å². The number of ether oxygens (including phenoxy) is 1. The lowest BCUT2D eigenvalue weighted by molar-refractivity contribution is -0.0198. The van der Waals surface area contributed by atoms with Crippen LogP contribution < -0.4 is 16.1 Å². The number of amides is 1. The van der Waals surface area contributed by atoms with E-state index in [0.717, 1.165) is 29.5 Å². The third kappa shape index (κ3) is 4.34. The minimum atomic E-state index is -0.598. The Morgan fingerprint density at radius 1 is 1.34 bits per heavy atom. The molecule has 1 amide bonds. The summed E-state index contributed by atoms with van der Waals surface area (Å²) in [5.41, 5.74) is 7.79. The highest BCUT2D eigenvalue weighted by Gasteiger charge is 2.29. The number of aliphatic hydroxyl groups excluding tert-OH is 1. The van der Waals surface area contributed by atoms with Crippen LogP contribution in [-0.4, -0.2) is 31.0 Å². The van der Waals surface area contributed by atoms with Crippen LogP contribution in [0.15, 0.2) is 42.5 Å². The second-order valence-electron chi connectivity index (χ2n) is 7.60. The van der Waals surface area contributed by atoms with E-state index in [1.54, 1.807) is 32.2 Å². The summed E-state index contributed by atoms with van der Waals surface area (Å²) >= 11 is 0. The molecule has 1 fully saturated rings. The van der Waals surface area contributed by atoms with Crippen molar-refractivity contribution in [3.63, 3.8) is 0 Å². The Kier molecular flexibility index (Phi) is 5.94. The van der Waals surface area contributed by atoms with E-state index in [2.05, 4.69) is 34.3 Å². The SMILES string of the molecule is COCC1NC(c2ccc3c(c2)CC[C@H]3NC(=O)c2cccc([C@H](C)O)c2)NO1. The lowest BCUT2D eigenvalue weighted by atomic mass is 10.0. The maximum absolute atomic E-state index is 12.7. The first-order valence-corrected chi connectivity index (χ1v) is 9.93. The second-order valence-corrected chi connectivity index (χ2v) is 7.60. The van der Waals surface area contributed by atoms with E-state index in [0.29, 0.717) is 12.2 Å². The summed E-state index contributed by atoms with van der Waals surface area (Å²) < 4.78 is 5.11. The van der Waals surface area contributed by atoms with Crippen LogP contribution in [0.25, 0.3) is 0 Å². The normalized spacial score (nSPS) is 24.3. The highest BCUT2D eigenvalue weighted by Crippen LogP contribution is 2.33. The van der Waals surface area contributed by atoms with Crippen LogP contribution in [0.2, 0.25) is 0 Å². The molecule has 0 saturated carbocycles. The monoisotopic (exact) mass is 397 g/mol. The van der Waals surface area contributed by atoms with E-state index >= 15 is 0 Å². The standard InChI is InChI=1S/C22H27N3O4/c1-13(26)14-4-3-5-17(10-14)22(27)23-19-9-7-15-11-16(6-8-18(15)19)21-24-20(12-28-2)29-25-21/h3-6,8,10-11,13,19-21,24-26H,7,9,12H2,1-2H3,(H,23,27)/t13-,19+,20?,21?/m0/s1. The predicted octanol–water partition coefficient (Wildman–Crippen LogP) is 2.25. The van der Waals surface area contributed by atoms with Crippen molar-refractivity contribution < 1.29 is 19.5 Å². The first-order chi connectivity index (χ1) is 14.0. The molecule has 4 rings (SSSR count). The van der Waals surface area contributed by atoms with Crippen molar-refractivity contribution in [1.29, 1.82) is 0 Å². The van der Waals surface area contributed by atoms with Crippen LogP contribution >= 0.6 is 0 Å². The van der Waals surface area contributed by atoms with Gasteiger partial charge in [0.2, 0.25) is 0 Å². The molecule has 2 aliphatic rings. The Balaban J connectivity index is 1.44. The van der Waals surface area contributed by atoms with Gasteiger partial charge in [0.1, 0.15) is 6.17 Å². The third-order valence-corrected chi connectivity index (χ3v) is 5.51. The summed E-state index contributed by atoms with van der Waals surface area (Å²) in [5, 5.41) is 16.2. The van der Waals surface area contributed by atoms with Gasteiger partial charge in [0.05, 0.1) is 18.8 Å². The maximum atomic E-state index is 12.7. The number of hydroxylamine groups is 1. The number of carbonyl (C=O) groups is 1. The highest BCUT2D eigenvalue weighted by atomic mass is 16.7. The zero-order chi connectivity index (χ0) is 20.4. The van der Waals surface area contributed by atoms with Gasteiger partial charge in [0.25, 0.3) is 5.91 Å². The van der Waals surface area contributed by atoms with Gasteiger partial charge in [-0.1, -0.05) is 30.3 Å². The molecule has 7 heteroatoms. The number of rotatable bonds is 6. The van der Waals surface area contributed by atoms with E-state index < -0.39 is 6.10 Å². The van der Waals surface area contributed by atoms with Crippen molar-refractivity contribution in [3.8, 4) is 0 Å². The molecule has 1 aliphatic carbocycles. The molecule has 1 aliphatic heterocycles. The molecule has 29 heavy (non-hydrogen) atoms. The fraction of sp³-hybridized carbons (Fsp3) is 0.409. The summed E-state index contributed by atoms with van der Waals surface area (Å²) in [6.07, 6.45) is 0.921. The van der Waals surface area contributed by atoms with Crippen molar-refractivity contribution in [2.75, 3.05) is 13.7 Å². The van der Waals surface area contributed by atoms with E-state index in [9.17, 15) is 9.90 Å². The summed E-state index contributed by atoms with van der Waals surface area (Å²) in [5.74, 6) is -0.121. The van der Waals surface area contributed by atoms with Crippen molar-refractivity contribution in [2.24, 2.45) is 0 Å². The van der Waals surface area contributed by atoms with Gasteiger partial charge in [0.15, 0.2) is 6.23 Å². The summed E-state index contributed by atoms with van der Waals surface area (Å²) in [4.78, 5) is 18.2. The molecular weight excluding hydrogens is 370 g/mol. The lowest BCUT2D eigenvalue weighted by Crippen LogP contribution is -2.29. The van der Waals surface area contributed by atoms with Gasteiger partial charge in [0, 0.05) is 12.7 Å². The highest BCUT2D eigenvalue weighted by molar-refractivity contribution is 5.94. The Morgan fingerprint density at radius 2 is 2.21 bits per heavy atom. The number of fused-ring (bicyclic) bond motifs is 1. The molecule has 2 unspecified atom stereocenters. The molecule has 7 nitrogen and oxygen atoms in total. The number of hydrogen-bond acceptors (Lipinski definition) is 6. The molecule has 1 saturated heterocycles. The molecule has 0 bridgehead atoms. The Hall–Kier alpha value is -2.29. The van der Waals surface area contributed by atoms with Crippen LogP contribution in [0.5, 0.6) is 0 Å². The van der Waals surface area contributed by atoms with Gasteiger partial charge in [-0.05, 0) is 54.2 Å². The van der Waals surface area contributed by atoms with Crippen LogP contribution in [0.3, 0.4) is 0 Å². The maximum Gasteiger partial charge on any atom is 0.251 e. The average molecular weight is 397 g/mol. The number of carbonyl (C=O) groups excluding carboxylic acids is 1. The molecule has 4 atom stereocenters. The van der Waals surface area contributed by atoms with Crippen molar-refractivity contribution >= 4 is 5.91 Å². The molecule has 2 aromatic rings. The summed E-state index contributed by atoms with van der Waals surface area (Å²) in [7, 11) is 1.64. The zero-order valence-electron chi connectivity index (χ0n) is 16.6. The van der Waals surface area contributed by atoms with E-state index in [4.69, 9.17) is 9.57 Å². The van der Waals surface area contributed by atoms with Gasteiger partial charge in [-0.25, -0.2) is 0 Å². The van der Waals surface area contributed by atoms with Gasteiger partial charge in [-0.3, -0.25) is 14.9 Å². The van der Waals surface area contributed by atoms with Crippen LogP contribution in [-0.2, 0) is 16.0 Å². The minimum absolute atomic E-state index is 0.0104. The summed E-state index contributed by atoms with van der Waals surface area (Å²) in [6, 6.07) is 13.4. The van der Waals surface area contributed by atoms with Gasteiger partial charge in [-0.2, -0.15) is 5.48 Å². The number of aliphatic hydroxyl groups is 1. The summed E-state index contributed by atoms with van der Waals surface area (Å²) in [6.45, 7) is 2.16. The van der Waals surface area contributed by atoms with Crippen LogP contribution in [0.4, 0.5) is 0 Å². The third-order valence-electron chi connectivity index (χ3n) is 5.51. The van der Waals surface area contributed by atoms with Gasteiger partial charge < -0.3 is 15.2 Å². The Morgan fingerprint density at radius 3 is 3.00 bits per heavy atom. The molecule has 0 spiro atoms.